The van der Waals surface area contributed by atoms with Gasteiger partial charge in [-0.25, -0.2) is 0 Å². The van der Waals surface area contributed by atoms with E-state index in [-0.39, 0.29) is 17.9 Å². The van der Waals surface area contributed by atoms with Gasteiger partial charge in [0.15, 0.2) is 0 Å². The highest BCUT2D eigenvalue weighted by molar-refractivity contribution is 5.76. The first kappa shape index (κ1) is 14.0. The third kappa shape index (κ3) is 5.68. The molecule has 2 unspecified atom stereocenters. The van der Waals surface area contributed by atoms with Gasteiger partial charge in [-0.05, 0) is 18.8 Å². The number of amides is 2. The summed E-state index contributed by atoms with van der Waals surface area (Å²) in [6.45, 7) is 2.43. The number of nitrogens with two attached hydrogens (primary N) is 1. The van der Waals surface area contributed by atoms with Crippen molar-refractivity contribution >= 4 is 11.8 Å². The molecular formula is C12H23N3O2. The van der Waals surface area contributed by atoms with Crippen molar-refractivity contribution in [2.75, 3.05) is 13.1 Å². The van der Waals surface area contributed by atoms with Gasteiger partial charge in [0.25, 0.3) is 0 Å². The summed E-state index contributed by atoms with van der Waals surface area (Å²) in [4.78, 5) is 22.2. The van der Waals surface area contributed by atoms with Crippen molar-refractivity contribution < 1.29 is 9.59 Å². The highest BCUT2D eigenvalue weighted by atomic mass is 16.2. The maximum atomic E-state index is 11.6. The molecular weight excluding hydrogens is 218 g/mol. The van der Waals surface area contributed by atoms with Crippen LogP contribution in [0, 0.1) is 5.92 Å². The lowest BCUT2D eigenvalue weighted by Gasteiger charge is -2.27. The van der Waals surface area contributed by atoms with E-state index >= 15 is 0 Å². The molecule has 17 heavy (non-hydrogen) atoms. The normalized spacial score (nSPS) is 24.1. The Kier molecular flexibility index (Phi) is 5.97. The minimum Gasteiger partial charge on any atom is -0.355 e. The fourth-order valence-electron chi connectivity index (χ4n) is 2.24. The van der Waals surface area contributed by atoms with Crippen molar-refractivity contribution in [3.63, 3.8) is 0 Å². The Balaban J connectivity index is 2.13. The van der Waals surface area contributed by atoms with E-state index in [1.165, 1.54) is 19.8 Å². The van der Waals surface area contributed by atoms with E-state index in [1.807, 2.05) is 0 Å². The van der Waals surface area contributed by atoms with Crippen LogP contribution in [-0.2, 0) is 9.59 Å². The molecule has 1 rings (SSSR count). The first-order valence-corrected chi connectivity index (χ1v) is 6.36. The van der Waals surface area contributed by atoms with Gasteiger partial charge in [0.05, 0.1) is 0 Å². The standard InChI is InChI=1S/C12H23N3O2/c1-9(16)14-6-7-15-12(17)8-10-4-2-3-5-11(10)13/h10-11H,2-8,13H2,1H3,(H,14,16)(H,15,17). The summed E-state index contributed by atoms with van der Waals surface area (Å²) in [6.07, 6.45) is 4.96. The van der Waals surface area contributed by atoms with E-state index in [0.29, 0.717) is 25.4 Å². The molecule has 1 aliphatic rings. The van der Waals surface area contributed by atoms with Gasteiger partial charge >= 0.3 is 0 Å². The van der Waals surface area contributed by atoms with E-state index in [0.717, 1.165) is 12.8 Å². The van der Waals surface area contributed by atoms with Crippen LogP contribution in [0.25, 0.3) is 0 Å². The Labute approximate surface area is 103 Å². The maximum absolute atomic E-state index is 11.6. The van der Waals surface area contributed by atoms with E-state index in [2.05, 4.69) is 10.6 Å². The molecule has 0 aromatic carbocycles. The minimum absolute atomic E-state index is 0.0395. The van der Waals surface area contributed by atoms with E-state index in [9.17, 15) is 9.59 Å². The zero-order valence-electron chi connectivity index (χ0n) is 10.5. The van der Waals surface area contributed by atoms with Crippen LogP contribution in [-0.4, -0.2) is 30.9 Å². The van der Waals surface area contributed by atoms with Gasteiger partial charge in [-0.1, -0.05) is 12.8 Å². The van der Waals surface area contributed by atoms with Crippen LogP contribution in [0.4, 0.5) is 0 Å². The molecule has 2 amide bonds. The SMILES string of the molecule is CC(=O)NCCNC(=O)CC1CCCCC1N. The van der Waals surface area contributed by atoms with E-state index in [4.69, 9.17) is 5.73 Å². The van der Waals surface area contributed by atoms with Gasteiger partial charge in [-0.3, -0.25) is 9.59 Å². The summed E-state index contributed by atoms with van der Waals surface area (Å²) in [6, 6.07) is 0.171. The minimum atomic E-state index is -0.0754. The van der Waals surface area contributed by atoms with Gasteiger partial charge in [-0.15, -0.1) is 0 Å². The summed E-state index contributed by atoms with van der Waals surface area (Å²) >= 11 is 0. The van der Waals surface area contributed by atoms with Gasteiger partial charge in [-0.2, -0.15) is 0 Å². The molecule has 1 fully saturated rings. The van der Waals surface area contributed by atoms with Crippen LogP contribution in [0.15, 0.2) is 0 Å². The molecule has 0 saturated heterocycles. The Morgan fingerprint density at radius 3 is 2.47 bits per heavy atom. The number of nitrogens with one attached hydrogen (secondary N) is 2. The van der Waals surface area contributed by atoms with Crippen molar-refractivity contribution in [2.45, 2.75) is 45.1 Å². The first-order chi connectivity index (χ1) is 8.09. The molecule has 5 heteroatoms. The van der Waals surface area contributed by atoms with E-state index < -0.39 is 0 Å². The molecule has 0 heterocycles. The predicted molar refractivity (Wildman–Crippen MR) is 66.2 cm³/mol. The highest BCUT2D eigenvalue weighted by Crippen LogP contribution is 2.25. The zero-order chi connectivity index (χ0) is 12.7. The topological polar surface area (TPSA) is 84.2 Å². The van der Waals surface area contributed by atoms with Gasteiger partial charge in [0.1, 0.15) is 0 Å². The second-order valence-electron chi connectivity index (χ2n) is 4.75. The van der Waals surface area contributed by atoms with Crippen LogP contribution in [0.2, 0.25) is 0 Å². The Morgan fingerprint density at radius 2 is 1.82 bits per heavy atom. The summed E-state index contributed by atoms with van der Waals surface area (Å²) in [7, 11) is 0. The van der Waals surface area contributed by atoms with Crippen molar-refractivity contribution in [1.29, 1.82) is 0 Å². The van der Waals surface area contributed by atoms with Gasteiger partial charge < -0.3 is 16.4 Å². The molecule has 0 aromatic heterocycles. The van der Waals surface area contributed by atoms with Crippen LogP contribution in [0.1, 0.15) is 39.0 Å². The van der Waals surface area contributed by atoms with Crippen molar-refractivity contribution in [1.82, 2.24) is 10.6 Å². The fraction of sp³-hybridized carbons (Fsp3) is 0.833. The lowest BCUT2D eigenvalue weighted by molar-refractivity contribution is -0.123. The Hall–Kier alpha value is -1.10. The monoisotopic (exact) mass is 241 g/mol. The number of rotatable bonds is 5. The lowest BCUT2D eigenvalue weighted by Crippen LogP contribution is -2.39. The fourth-order valence-corrected chi connectivity index (χ4v) is 2.24. The van der Waals surface area contributed by atoms with Crippen molar-refractivity contribution in [3.05, 3.63) is 0 Å². The van der Waals surface area contributed by atoms with Gasteiger partial charge in [0.2, 0.25) is 11.8 Å². The largest absolute Gasteiger partial charge is 0.355 e. The molecule has 0 spiro atoms. The summed E-state index contributed by atoms with van der Waals surface area (Å²) in [5.41, 5.74) is 5.98. The number of carbonyl (C=O) groups is 2. The second-order valence-corrected chi connectivity index (χ2v) is 4.75. The smallest absolute Gasteiger partial charge is 0.220 e. The number of carbonyl (C=O) groups excluding carboxylic acids is 2. The molecule has 4 N–H and O–H groups in total. The van der Waals surface area contributed by atoms with Gasteiger partial charge in [0, 0.05) is 32.5 Å². The van der Waals surface area contributed by atoms with Crippen LogP contribution in [0.5, 0.6) is 0 Å². The molecule has 0 aromatic rings. The molecule has 98 valence electrons. The predicted octanol–water partition coefficient (Wildman–Crippen LogP) is 0.146. The summed E-state index contributed by atoms with van der Waals surface area (Å²) in [5, 5.41) is 5.43. The lowest BCUT2D eigenvalue weighted by atomic mass is 9.83. The molecule has 0 radical (unpaired) electrons. The maximum Gasteiger partial charge on any atom is 0.220 e. The summed E-state index contributed by atoms with van der Waals surface area (Å²) in [5.74, 6) is 0.288. The molecule has 1 saturated carbocycles. The van der Waals surface area contributed by atoms with Crippen LogP contribution < -0.4 is 16.4 Å². The van der Waals surface area contributed by atoms with Crippen LogP contribution >= 0.6 is 0 Å². The first-order valence-electron chi connectivity index (χ1n) is 6.36. The second kappa shape index (κ2) is 7.27. The quantitative estimate of drug-likeness (QED) is 0.599. The molecule has 2 atom stereocenters. The molecule has 5 nitrogen and oxygen atoms in total. The number of hydrogen-bond acceptors (Lipinski definition) is 3. The third-order valence-corrected chi connectivity index (χ3v) is 3.24. The third-order valence-electron chi connectivity index (χ3n) is 3.24. The average molecular weight is 241 g/mol. The molecule has 0 bridgehead atoms. The van der Waals surface area contributed by atoms with Crippen molar-refractivity contribution in [3.8, 4) is 0 Å². The Bertz CT molecular complexity index is 268. The van der Waals surface area contributed by atoms with Crippen LogP contribution in [0.3, 0.4) is 0 Å². The highest BCUT2D eigenvalue weighted by Gasteiger charge is 2.23. The molecule has 1 aliphatic carbocycles. The van der Waals surface area contributed by atoms with E-state index in [1.54, 1.807) is 0 Å². The summed E-state index contributed by atoms with van der Waals surface area (Å²) < 4.78 is 0. The van der Waals surface area contributed by atoms with Crippen molar-refractivity contribution in [2.24, 2.45) is 11.7 Å². The average Bonchev–Trinajstić information content (AvgIpc) is 2.27. The molecule has 0 aliphatic heterocycles. The Morgan fingerprint density at radius 1 is 1.18 bits per heavy atom. The number of hydrogen-bond donors (Lipinski definition) is 3. The zero-order valence-corrected chi connectivity index (χ0v) is 10.5.